The number of nitrogens with zero attached hydrogens (tertiary/aromatic N) is 1. The lowest BCUT2D eigenvalue weighted by Crippen LogP contribution is -2.32. The number of pyridine rings is 1. The average molecular weight is 235 g/mol. The van der Waals surface area contributed by atoms with Gasteiger partial charge in [-0.3, -0.25) is 4.79 Å². The van der Waals surface area contributed by atoms with Crippen LogP contribution in [0.2, 0.25) is 0 Å². The molecular formula is C12H17N3O2. The van der Waals surface area contributed by atoms with Crippen molar-refractivity contribution in [3.8, 4) is 0 Å². The van der Waals surface area contributed by atoms with Crippen molar-refractivity contribution in [1.82, 2.24) is 10.3 Å². The molecule has 0 aromatic carbocycles. The van der Waals surface area contributed by atoms with Crippen molar-refractivity contribution in [2.45, 2.75) is 12.8 Å². The lowest BCUT2D eigenvalue weighted by atomic mass is 10.0. The van der Waals surface area contributed by atoms with Crippen LogP contribution in [-0.2, 0) is 4.74 Å². The normalized spacial score (nSPS) is 16.7. The van der Waals surface area contributed by atoms with Gasteiger partial charge in [-0.05, 0) is 30.9 Å². The van der Waals surface area contributed by atoms with Crippen LogP contribution >= 0.6 is 0 Å². The molecule has 1 aliphatic rings. The van der Waals surface area contributed by atoms with E-state index in [-0.39, 0.29) is 5.91 Å². The van der Waals surface area contributed by atoms with Crippen molar-refractivity contribution in [1.29, 1.82) is 0 Å². The Morgan fingerprint density at radius 2 is 2.29 bits per heavy atom. The molecule has 1 aliphatic heterocycles. The van der Waals surface area contributed by atoms with Crippen molar-refractivity contribution >= 4 is 11.7 Å². The summed E-state index contributed by atoms with van der Waals surface area (Å²) in [5, 5.41) is 2.92. The van der Waals surface area contributed by atoms with Gasteiger partial charge in [0.15, 0.2) is 0 Å². The Balaban J connectivity index is 1.84. The Morgan fingerprint density at radius 3 is 3.00 bits per heavy atom. The van der Waals surface area contributed by atoms with Crippen LogP contribution in [-0.4, -0.2) is 30.6 Å². The summed E-state index contributed by atoms with van der Waals surface area (Å²) >= 11 is 0. The van der Waals surface area contributed by atoms with Crippen molar-refractivity contribution in [3.05, 3.63) is 23.9 Å². The first-order valence-corrected chi connectivity index (χ1v) is 5.83. The highest BCUT2D eigenvalue weighted by Crippen LogP contribution is 2.13. The van der Waals surface area contributed by atoms with Crippen LogP contribution in [0.25, 0.3) is 0 Å². The summed E-state index contributed by atoms with van der Waals surface area (Å²) in [5.41, 5.74) is 6.09. The zero-order valence-electron chi connectivity index (χ0n) is 9.69. The van der Waals surface area contributed by atoms with E-state index >= 15 is 0 Å². The molecule has 1 aromatic rings. The number of rotatable bonds is 3. The number of amides is 1. The van der Waals surface area contributed by atoms with Gasteiger partial charge < -0.3 is 15.8 Å². The molecule has 17 heavy (non-hydrogen) atoms. The van der Waals surface area contributed by atoms with E-state index in [2.05, 4.69) is 10.3 Å². The second kappa shape index (κ2) is 5.63. The molecule has 2 heterocycles. The molecule has 0 aliphatic carbocycles. The van der Waals surface area contributed by atoms with Crippen molar-refractivity contribution in [2.24, 2.45) is 5.92 Å². The lowest BCUT2D eigenvalue weighted by molar-refractivity contribution is 0.0642. The Labute approximate surface area is 100 Å². The minimum Gasteiger partial charge on any atom is -0.384 e. The first-order valence-electron chi connectivity index (χ1n) is 5.83. The van der Waals surface area contributed by atoms with Crippen LogP contribution in [0.1, 0.15) is 23.2 Å². The summed E-state index contributed by atoms with van der Waals surface area (Å²) in [5.74, 6) is 0.793. The Morgan fingerprint density at radius 1 is 1.53 bits per heavy atom. The van der Waals surface area contributed by atoms with E-state index in [0.717, 1.165) is 26.1 Å². The van der Waals surface area contributed by atoms with E-state index in [4.69, 9.17) is 10.5 Å². The maximum absolute atomic E-state index is 11.8. The van der Waals surface area contributed by atoms with Gasteiger partial charge in [-0.2, -0.15) is 0 Å². The maximum atomic E-state index is 11.8. The highest BCUT2D eigenvalue weighted by molar-refractivity contribution is 5.94. The second-order valence-corrected chi connectivity index (χ2v) is 4.24. The van der Waals surface area contributed by atoms with E-state index in [1.165, 1.54) is 0 Å². The molecule has 0 saturated carbocycles. The SMILES string of the molecule is Nc1cc(C(=O)NCC2CCOCC2)ccn1. The second-order valence-electron chi connectivity index (χ2n) is 4.24. The fourth-order valence-electron chi connectivity index (χ4n) is 1.88. The van der Waals surface area contributed by atoms with Crippen molar-refractivity contribution in [3.63, 3.8) is 0 Å². The van der Waals surface area contributed by atoms with Crippen molar-refractivity contribution < 1.29 is 9.53 Å². The fourth-order valence-corrected chi connectivity index (χ4v) is 1.88. The van der Waals surface area contributed by atoms with Gasteiger partial charge in [-0.1, -0.05) is 0 Å². The summed E-state index contributed by atoms with van der Waals surface area (Å²) in [7, 11) is 0. The molecule has 3 N–H and O–H groups in total. The number of anilines is 1. The molecule has 1 aromatic heterocycles. The van der Waals surface area contributed by atoms with Crippen LogP contribution < -0.4 is 11.1 Å². The number of hydrogen-bond donors (Lipinski definition) is 2. The number of nitrogens with two attached hydrogens (primary N) is 1. The summed E-state index contributed by atoms with van der Waals surface area (Å²) in [6.07, 6.45) is 3.57. The van der Waals surface area contributed by atoms with E-state index in [1.807, 2.05) is 0 Å². The van der Waals surface area contributed by atoms with Gasteiger partial charge in [-0.15, -0.1) is 0 Å². The minimum atomic E-state index is -0.0920. The quantitative estimate of drug-likeness (QED) is 0.813. The number of aromatic nitrogens is 1. The van der Waals surface area contributed by atoms with Crippen LogP contribution in [0.4, 0.5) is 5.82 Å². The van der Waals surface area contributed by atoms with Gasteiger partial charge >= 0.3 is 0 Å². The highest BCUT2D eigenvalue weighted by Gasteiger charge is 2.15. The standard InChI is InChI=1S/C12H17N3O2/c13-11-7-10(1-4-14-11)12(16)15-8-9-2-5-17-6-3-9/h1,4,7,9H,2-3,5-6,8H2,(H2,13,14)(H,15,16). The van der Waals surface area contributed by atoms with Gasteiger partial charge in [0.25, 0.3) is 5.91 Å². The molecule has 0 bridgehead atoms. The Kier molecular flexibility index (Phi) is 3.93. The zero-order chi connectivity index (χ0) is 12.1. The van der Waals surface area contributed by atoms with E-state index in [1.54, 1.807) is 18.3 Å². The molecule has 2 rings (SSSR count). The van der Waals surface area contributed by atoms with Crippen LogP contribution in [0.5, 0.6) is 0 Å². The zero-order valence-corrected chi connectivity index (χ0v) is 9.69. The highest BCUT2D eigenvalue weighted by atomic mass is 16.5. The molecular weight excluding hydrogens is 218 g/mol. The largest absolute Gasteiger partial charge is 0.384 e. The molecule has 1 saturated heterocycles. The smallest absolute Gasteiger partial charge is 0.251 e. The molecule has 5 nitrogen and oxygen atoms in total. The number of carbonyl (C=O) groups excluding carboxylic acids is 1. The summed E-state index contributed by atoms with van der Waals surface area (Å²) in [4.78, 5) is 15.7. The van der Waals surface area contributed by atoms with E-state index < -0.39 is 0 Å². The number of nitrogen functional groups attached to an aromatic ring is 1. The van der Waals surface area contributed by atoms with Gasteiger partial charge in [0.1, 0.15) is 5.82 Å². The third-order valence-corrected chi connectivity index (χ3v) is 2.94. The number of ether oxygens (including phenoxy) is 1. The van der Waals surface area contributed by atoms with Crippen LogP contribution in [0.3, 0.4) is 0 Å². The third kappa shape index (κ3) is 3.42. The minimum absolute atomic E-state index is 0.0920. The molecule has 1 amide bonds. The topological polar surface area (TPSA) is 77.2 Å². The molecule has 5 heteroatoms. The Bertz CT molecular complexity index is 389. The molecule has 92 valence electrons. The first kappa shape index (κ1) is 11.9. The van der Waals surface area contributed by atoms with Gasteiger partial charge in [-0.25, -0.2) is 4.98 Å². The predicted molar refractivity (Wildman–Crippen MR) is 64.5 cm³/mol. The fraction of sp³-hybridized carbons (Fsp3) is 0.500. The van der Waals surface area contributed by atoms with Crippen LogP contribution in [0, 0.1) is 5.92 Å². The van der Waals surface area contributed by atoms with Gasteiger partial charge in [0.05, 0.1) is 0 Å². The molecule has 1 fully saturated rings. The van der Waals surface area contributed by atoms with E-state index in [9.17, 15) is 4.79 Å². The monoisotopic (exact) mass is 235 g/mol. The molecule has 0 radical (unpaired) electrons. The van der Waals surface area contributed by atoms with Crippen molar-refractivity contribution in [2.75, 3.05) is 25.5 Å². The van der Waals surface area contributed by atoms with Gasteiger partial charge in [0, 0.05) is 31.5 Å². The molecule has 0 spiro atoms. The Hall–Kier alpha value is -1.62. The summed E-state index contributed by atoms with van der Waals surface area (Å²) in [6, 6.07) is 3.25. The summed E-state index contributed by atoms with van der Waals surface area (Å²) < 4.78 is 5.27. The molecule has 0 atom stereocenters. The van der Waals surface area contributed by atoms with Gasteiger partial charge in [0.2, 0.25) is 0 Å². The average Bonchev–Trinajstić information content (AvgIpc) is 2.37. The molecule has 0 unspecified atom stereocenters. The number of carbonyl (C=O) groups is 1. The van der Waals surface area contributed by atoms with E-state index in [0.29, 0.717) is 23.8 Å². The van der Waals surface area contributed by atoms with Crippen LogP contribution in [0.15, 0.2) is 18.3 Å². The first-order chi connectivity index (χ1) is 8.25. The summed E-state index contributed by atoms with van der Waals surface area (Å²) in [6.45, 7) is 2.29. The maximum Gasteiger partial charge on any atom is 0.251 e. The third-order valence-electron chi connectivity index (χ3n) is 2.94. The predicted octanol–water partition coefficient (Wildman–Crippen LogP) is 0.820. The number of hydrogen-bond acceptors (Lipinski definition) is 4. The lowest BCUT2D eigenvalue weighted by Gasteiger charge is -2.22. The number of nitrogens with one attached hydrogen (secondary N) is 1.